The molecule has 1 aliphatic carbocycles. The first-order chi connectivity index (χ1) is 8.33. The molecule has 0 spiro atoms. The minimum atomic E-state index is 0.657. The SMILES string of the molecule is CC1C=c2ccc3cccc4ccc(c2c43)C1. The van der Waals surface area contributed by atoms with Crippen LogP contribution in [0.3, 0.4) is 0 Å². The van der Waals surface area contributed by atoms with Crippen LogP contribution in [0.25, 0.3) is 27.6 Å². The molecule has 4 rings (SSSR count). The summed E-state index contributed by atoms with van der Waals surface area (Å²) >= 11 is 0. The van der Waals surface area contributed by atoms with E-state index < -0.39 is 0 Å². The highest BCUT2D eigenvalue weighted by molar-refractivity contribution is 6.11. The normalized spacial score (nSPS) is 18.5. The maximum absolute atomic E-state index is 2.41. The van der Waals surface area contributed by atoms with Gasteiger partial charge in [-0.25, -0.2) is 0 Å². The molecule has 3 aromatic rings. The lowest BCUT2D eigenvalue weighted by Crippen LogP contribution is -2.14. The summed E-state index contributed by atoms with van der Waals surface area (Å²) in [7, 11) is 0. The zero-order valence-electron chi connectivity index (χ0n) is 9.90. The van der Waals surface area contributed by atoms with Crippen molar-refractivity contribution in [3.8, 4) is 0 Å². The van der Waals surface area contributed by atoms with Gasteiger partial charge in [0.2, 0.25) is 0 Å². The predicted octanol–water partition coefficient (Wildman–Crippen LogP) is 3.68. The molecule has 0 aromatic heterocycles. The van der Waals surface area contributed by atoms with Crippen molar-refractivity contribution < 1.29 is 0 Å². The van der Waals surface area contributed by atoms with E-state index in [9.17, 15) is 0 Å². The van der Waals surface area contributed by atoms with E-state index in [2.05, 4.69) is 55.5 Å². The van der Waals surface area contributed by atoms with E-state index in [0.717, 1.165) is 0 Å². The number of benzene rings is 3. The van der Waals surface area contributed by atoms with Crippen LogP contribution in [0, 0.1) is 5.92 Å². The average molecular weight is 218 g/mol. The van der Waals surface area contributed by atoms with Crippen molar-refractivity contribution in [1.29, 1.82) is 0 Å². The lowest BCUT2D eigenvalue weighted by Gasteiger charge is -2.18. The molecule has 0 N–H and O–H groups in total. The standard InChI is InChI=1S/C17H14/c1-11-9-14-7-5-12-3-2-4-13-6-8-15(10-11)17(14)16(12)13/h2-9,11H,10H2,1H3. The molecule has 0 radical (unpaired) electrons. The van der Waals surface area contributed by atoms with Gasteiger partial charge in [-0.15, -0.1) is 0 Å². The van der Waals surface area contributed by atoms with E-state index in [1.165, 1.54) is 38.7 Å². The molecule has 0 saturated carbocycles. The topological polar surface area (TPSA) is 0 Å². The highest BCUT2D eigenvalue weighted by Crippen LogP contribution is 2.30. The van der Waals surface area contributed by atoms with E-state index in [-0.39, 0.29) is 0 Å². The van der Waals surface area contributed by atoms with Crippen LogP contribution in [0.2, 0.25) is 0 Å². The third kappa shape index (κ3) is 1.18. The molecule has 17 heavy (non-hydrogen) atoms. The lowest BCUT2D eigenvalue weighted by molar-refractivity contribution is 0.760. The summed E-state index contributed by atoms with van der Waals surface area (Å²) in [6.45, 7) is 2.30. The zero-order valence-corrected chi connectivity index (χ0v) is 9.90. The molecule has 0 nitrogen and oxygen atoms in total. The molecule has 0 saturated heterocycles. The third-order valence-corrected chi connectivity index (χ3v) is 3.90. The van der Waals surface area contributed by atoms with Crippen LogP contribution in [-0.4, -0.2) is 0 Å². The van der Waals surface area contributed by atoms with Crippen molar-refractivity contribution in [2.75, 3.05) is 0 Å². The molecule has 82 valence electrons. The number of rotatable bonds is 0. The largest absolute Gasteiger partial charge is 0.0735 e. The summed E-state index contributed by atoms with van der Waals surface area (Å²) in [4.78, 5) is 0. The minimum Gasteiger partial charge on any atom is -0.0735 e. The van der Waals surface area contributed by atoms with Gasteiger partial charge in [-0.1, -0.05) is 55.5 Å². The van der Waals surface area contributed by atoms with Gasteiger partial charge in [0.25, 0.3) is 0 Å². The molecule has 0 fully saturated rings. The quantitative estimate of drug-likeness (QED) is 0.540. The first-order valence-corrected chi connectivity index (χ1v) is 6.28. The van der Waals surface area contributed by atoms with Gasteiger partial charge in [0, 0.05) is 0 Å². The summed E-state index contributed by atoms with van der Waals surface area (Å²) in [5.41, 5.74) is 1.51. The number of hydrogen-bond acceptors (Lipinski definition) is 0. The van der Waals surface area contributed by atoms with E-state index in [0.29, 0.717) is 5.92 Å². The van der Waals surface area contributed by atoms with Crippen LogP contribution in [0.5, 0.6) is 0 Å². The van der Waals surface area contributed by atoms with Crippen LogP contribution >= 0.6 is 0 Å². The third-order valence-electron chi connectivity index (χ3n) is 3.90. The average Bonchev–Trinajstić information content (AvgIpc) is 2.35. The Bertz CT molecular complexity index is 765. The van der Waals surface area contributed by atoms with Gasteiger partial charge in [-0.3, -0.25) is 0 Å². The smallest absolute Gasteiger partial charge is 0.00302 e. The first kappa shape index (κ1) is 9.23. The lowest BCUT2D eigenvalue weighted by atomic mass is 9.86. The van der Waals surface area contributed by atoms with Gasteiger partial charge in [-0.05, 0) is 44.7 Å². The fourth-order valence-electron chi connectivity index (χ4n) is 3.20. The Morgan fingerprint density at radius 1 is 0.882 bits per heavy atom. The Kier molecular flexibility index (Phi) is 1.69. The molecular formula is C17H14. The Labute approximate surface area is 101 Å². The van der Waals surface area contributed by atoms with Crippen LogP contribution < -0.4 is 5.22 Å². The fourth-order valence-corrected chi connectivity index (χ4v) is 3.20. The molecule has 0 heterocycles. The zero-order chi connectivity index (χ0) is 11.4. The van der Waals surface area contributed by atoms with Crippen molar-refractivity contribution in [3.63, 3.8) is 0 Å². The van der Waals surface area contributed by atoms with Crippen LogP contribution in [0.1, 0.15) is 12.5 Å². The first-order valence-electron chi connectivity index (χ1n) is 6.28. The van der Waals surface area contributed by atoms with Crippen molar-refractivity contribution in [1.82, 2.24) is 0 Å². The van der Waals surface area contributed by atoms with Gasteiger partial charge < -0.3 is 0 Å². The van der Waals surface area contributed by atoms with E-state index >= 15 is 0 Å². The maximum Gasteiger partial charge on any atom is -0.00302 e. The van der Waals surface area contributed by atoms with Crippen molar-refractivity contribution in [3.05, 3.63) is 53.2 Å². The molecule has 3 aromatic carbocycles. The van der Waals surface area contributed by atoms with Crippen molar-refractivity contribution >= 4 is 27.6 Å². The molecule has 1 aliphatic rings. The van der Waals surface area contributed by atoms with Gasteiger partial charge in [0.15, 0.2) is 0 Å². The Balaban J connectivity index is 2.37. The van der Waals surface area contributed by atoms with Crippen LogP contribution in [0.15, 0.2) is 42.5 Å². The highest BCUT2D eigenvalue weighted by Gasteiger charge is 2.13. The second-order valence-electron chi connectivity index (χ2n) is 5.18. The highest BCUT2D eigenvalue weighted by atomic mass is 14.2. The molecule has 0 amide bonds. The van der Waals surface area contributed by atoms with Crippen molar-refractivity contribution in [2.24, 2.45) is 5.92 Å². The second kappa shape index (κ2) is 3.10. The summed E-state index contributed by atoms with van der Waals surface area (Å²) in [5.74, 6) is 0.657. The summed E-state index contributed by atoms with van der Waals surface area (Å²) in [6, 6.07) is 15.7. The molecule has 0 aliphatic heterocycles. The van der Waals surface area contributed by atoms with Gasteiger partial charge in [0.1, 0.15) is 0 Å². The van der Waals surface area contributed by atoms with Crippen LogP contribution in [0.4, 0.5) is 0 Å². The van der Waals surface area contributed by atoms with E-state index in [4.69, 9.17) is 0 Å². The van der Waals surface area contributed by atoms with Gasteiger partial charge in [0.05, 0.1) is 0 Å². The molecular weight excluding hydrogens is 204 g/mol. The Morgan fingerprint density at radius 2 is 1.65 bits per heavy atom. The predicted molar refractivity (Wildman–Crippen MR) is 74.0 cm³/mol. The fraction of sp³-hybridized carbons (Fsp3) is 0.176. The summed E-state index contributed by atoms with van der Waals surface area (Å²) in [5, 5.41) is 7.09. The van der Waals surface area contributed by atoms with Crippen LogP contribution in [-0.2, 0) is 6.42 Å². The second-order valence-corrected chi connectivity index (χ2v) is 5.18. The molecule has 1 unspecified atom stereocenters. The van der Waals surface area contributed by atoms with E-state index in [1.807, 2.05) is 0 Å². The Hall–Kier alpha value is -1.82. The molecule has 0 bridgehead atoms. The minimum absolute atomic E-state index is 0.657. The van der Waals surface area contributed by atoms with Gasteiger partial charge >= 0.3 is 0 Å². The molecule has 0 heteroatoms. The maximum atomic E-state index is 2.41. The summed E-state index contributed by atoms with van der Waals surface area (Å²) < 4.78 is 0. The van der Waals surface area contributed by atoms with Gasteiger partial charge in [-0.2, -0.15) is 0 Å². The summed E-state index contributed by atoms with van der Waals surface area (Å²) in [6.07, 6.45) is 3.59. The van der Waals surface area contributed by atoms with Crippen molar-refractivity contribution in [2.45, 2.75) is 13.3 Å². The monoisotopic (exact) mass is 218 g/mol. The van der Waals surface area contributed by atoms with E-state index in [1.54, 1.807) is 0 Å². The Morgan fingerprint density at radius 3 is 2.47 bits per heavy atom. The molecule has 1 atom stereocenters. The number of hydrogen-bond donors (Lipinski definition) is 0.